The van der Waals surface area contributed by atoms with Crippen molar-refractivity contribution < 1.29 is 23.1 Å². The molecule has 1 amide bonds. The van der Waals surface area contributed by atoms with Gasteiger partial charge in [-0.15, -0.1) is 0 Å². The van der Waals surface area contributed by atoms with Gasteiger partial charge in [0.05, 0.1) is 5.75 Å². The lowest BCUT2D eigenvalue weighted by Gasteiger charge is -2.37. The number of aliphatic carboxylic acids is 1. The summed E-state index contributed by atoms with van der Waals surface area (Å²) in [7, 11) is 0.936. The molecule has 43 heavy (non-hydrogen) atoms. The molecule has 9 heteroatoms. The van der Waals surface area contributed by atoms with Crippen LogP contribution < -0.4 is 10.6 Å². The fraction of sp³-hybridized carbons (Fsp3) is 0.588. The Hall–Kier alpha value is -2.75. The van der Waals surface area contributed by atoms with Gasteiger partial charge in [-0.1, -0.05) is 75.8 Å². The van der Waals surface area contributed by atoms with E-state index in [2.05, 4.69) is 36.6 Å². The van der Waals surface area contributed by atoms with Crippen molar-refractivity contribution in [1.82, 2.24) is 15.5 Å². The van der Waals surface area contributed by atoms with Gasteiger partial charge in [0.25, 0.3) is 5.91 Å². The van der Waals surface area contributed by atoms with Crippen molar-refractivity contribution in [2.24, 2.45) is 17.8 Å². The summed E-state index contributed by atoms with van der Waals surface area (Å²) in [6.07, 6.45) is 8.60. The quantitative estimate of drug-likeness (QED) is 0.240. The lowest BCUT2D eigenvalue weighted by Crippen LogP contribution is -2.42. The molecule has 1 aliphatic carbocycles. The van der Waals surface area contributed by atoms with Crippen LogP contribution in [0.15, 0.2) is 42.5 Å². The van der Waals surface area contributed by atoms with Gasteiger partial charge in [-0.05, 0) is 86.1 Å². The highest BCUT2D eigenvalue weighted by molar-refractivity contribution is 7.90. The number of amides is 1. The molecule has 1 saturated carbocycles. The van der Waals surface area contributed by atoms with E-state index in [0.717, 1.165) is 53.9 Å². The zero-order valence-electron chi connectivity index (χ0n) is 26.6. The van der Waals surface area contributed by atoms with E-state index in [-0.39, 0.29) is 12.2 Å². The maximum Gasteiger partial charge on any atom is 0.326 e. The van der Waals surface area contributed by atoms with E-state index in [0.29, 0.717) is 23.9 Å². The maximum atomic E-state index is 13.4. The molecule has 0 spiro atoms. The van der Waals surface area contributed by atoms with Gasteiger partial charge >= 0.3 is 5.97 Å². The SMILES string of the molecule is CCC(CN(C)C)C(CNCc1ccc(C(=O)N[C@@H](CCS(C)(=O)=O)C(=O)O)c(-c2ccccc2C)c1)C1CCCCC1. The van der Waals surface area contributed by atoms with Crippen LogP contribution in [-0.4, -0.2) is 75.5 Å². The summed E-state index contributed by atoms with van der Waals surface area (Å²) in [4.78, 5) is 27.6. The van der Waals surface area contributed by atoms with Gasteiger partial charge in [-0.2, -0.15) is 0 Å². The van der Waals surface area contributed by atoms with Crippen LogP contribution in [0.1, 0.15) is 73.4 Å². The van der Waals surface area contributed by atoms with E-state index in [9.17, 15) is 23.1 Å². The fourth-order valence-electron chi connectivity index (χ4n) is 6.52. The van der Waals surface area contributed by atoms with E-state index < -0.39 is 27.8 Å². The molecule has 2 aromatic carbocycles. The largest absolute Gasteiger partial charge is 0.480 e. The minimum Gasteiger partial charge on any atom is -0.480 e. The second kappa shape index (κ2) is 16.4. The van der Waals surface area contributed by atoms with Crippen LogP contribution in [0, 0.1) is 24.7 Å². The molecule has 0 aromatic heterocycles. The number of sulfone groups is 1. The average Bonchev–Trinajstić information content (AvgIpc) is 2.96. The van der Waals surface area contributed by atoms with Crippen molar-refractivity contribution >= 4 is 21.7 Å². The van der Waals surface area contributed by atoms with E-state index in [1.54, 1.807) is 6.07 Å². The Kier molecular flexibility index (Phi) is 13.2. The number of nitrogens with zero attached hydrogens (tertiary/aromatic N) is 1. The minimum atomic E-state index is -3.38. The van der Waals surface area contributed by atoms with E-state index in [1.165, 1.54) is 32.1 Å². The molecule has 2 aromatic rings. The number of hydrogen-bond donors (Lipinski definition) is 3. The molecule has 2 unspecified atom stereocenters. The van der Waals surface area contributed by atoms with Crippen molar-refractivity contribution in [3.63, 3.8) is 0 Å². The van der Waals surface area contributed by atoms with Gasteiger partial charge in [0.2, 0.25) is 0 Å². The van der Waals surface area contributed by atoms with Crippen LogP contribution in [0.4, 0.5) is 0 Å². The molecular formula is C34H51N3O5S. The predicted molar refractivity (Wildman–Crippen MR) is 174 cm³/mol. The second-order valence-electron chi connectivity index (χ2n) is 12.6. The zero-order chi connectivity index (χ0) is 31.6. The topological polar surface area (TPSA) is 116 Å². The number of nitrogens with one attached hydrogen (secondary N) is 2. The molecule has 1 fully saturated rings. The van der Waals surface area contributed by atoms with Crippen molar-refractivity contribution in [3.8, 4) is 11.1 Å². The first-order valence-corrected chi connectivity index (χ1v) is 17.7. The second-order valence-corrected chi connectivity index (χ2v) is 14.9. The number of rotatable bonds is 16. The number of carboxylic acid groups (broad SMARTS) is 1. The summed E-state index contributed by atoms with van der Waals surface area (Å²) < 4.78 is 23.3. The standard InChI is InChI=1S/C34H51N3O5S/c1-6-26(23-37(3)4)31(27-13-8-7-9-14-27)22-35-21-25-16-17-29(30(20-25)28-15-11-10-12-24(28)2)33(38)36-32(34(39)40)18-19-43(5,41)42/h10-12,15-17,20,26-27,31-32,35H,6-9,13-14,18-19,21-23H2,1-5H3,(H,36,38)(H,39,40)/t26?,31?,32-/m0/s1. The van der Waals surface area contributed by atoms with Crippen LogP contribution in [0.25, 0.3) is 11.1 Å². The summed E-state index contributed by atoms with van der Waals surface area (Å²) >= 11 is 0. The molecule has 3 atom stereocenters. The third kappa shape index (κ3) is 10.7. The van der Waals surface area contributed by atoms with Crippen LogP contribution in [0.2, 0.25) is 0 Å². The molecule has 0 heterocycles. The Balaban J connectivity index is 1.84. The van der Waals surface area contributed by atoms with E-state index in [1.807, 2.05) is 43.3 Å². The van der Waals surface area contributed by atoms with E-state index in [4.69, 9.17) is 0 Å². The molecule has 238 valence electrons. The summed E-state index contributed by atoms with van der Waals surface area (Å²) in [5.41, 5.74) is 4.03. The maximum absolute atomic E-state index is 13.4. The molecule has 3 rings (SSSR count). The lowest BCUT2D eigenvalue weighted by molar-refractivity contribution is -0.139. The van der Waals surface area contributed by atoms with E-state index >= 15 is 0 Å². The Morgan fingerprint density at radius 2 is 1.74 bits per heavy atom. The fourth-order valence-corrected chi connectivity index (χ4v) is 7.19. The third-order valence-corrected chi connectivity index (χ3v) is 9.82. The van der Waals surface area contributed by atoms with Crippen molar-refractivity contribution in [1.29, 1.82) is 0 Å². The minimum absolute atomic E-state index is 0.198. The number of carboxylic acids is 1. The van der Waals surface area contributed by atoms with Gasteiger partial charge in [0.15, 0.2) is 0 Å². The molecule has 0 saturated heterocycles. The highest BCUT2D eigenvalue weighted by atomic mass is 32.2. The Bertz CT molecular complexity index is 1320. The highest BCUT2D eigenvalue weighted by Crippen LogP contribution is 2.35. The van der Waals surface area contributed by atoms with Crippen molar-refractivity contribution in [2.75, 3.05) is 39.2 Å². The van der Waals surface area contributed by atoms with Crippen LogP contribution >= 0.6 is 0 Å². The molecule has 1 aliphatic rings. The molecule has 8 nitrogen and oxygen atoms in total. The highest BCUT2D eigenvalue weighted by Gasteiger charge is 2.30. The number of carbonyl (C=O) groups is 2. The predicted octanol–water partition coefficient (Wildman–Crippen LogP) is 5.15. The normalized spacial score (nSPS) is 16.5. The third-order valence-electron chi connectivity index (χ3n) is 8.84. The van der Waals surface area contributed by atoms with Crippen LogP contribution in [0.5, 0.6) is 0 Å². The van der Waals surface area contributed by atoms with Crippen molar-refractivity contribution in [2.45, 2.75) is 71.4 Å². The summed E-state index contributed by atoms with van der Waals surface area (Å²) in [5.74, 6) is -0.149. The Labute approximate surface area is 258 Å². The smallest absolute Gasteiger partial charge is 0.326 e. The van der Waals surface area contributed by atoms with Crippen LogP contribution in [-0.2, 0) is 21.2 Å². The summed E-state index contributed by atoms with van der Waals surface area (Å²) in [5, 5.41) is 16.0. The van der Waals surface area contributed by atoms with Gasteiger partial charge in [-0.3, -0.25) is 4.79 Å². The monoisotopic (exact) mass is 613 g/mol. The molecular weight excluding hydrogens is 562 g/mol. The van der Waals surface area contributed by atoms with Crippen LogP contribution in [0.3, 0.4) is 0 Å². The number of benzene rings is 2. The number of carbonyl (C=O) groups excluding carboxylic acids is 1. The molecule has 3 N–H and O–H groups in total. The number of aryl methyl sites for hydroxylation is 1. The first kappa shape index (κ1) is 34.7. The van der Waals surface area contributed by atoms with Gasteiger partial charge in [0, 0.05) is 24.9 Å². The average molecular weight is 614 g/mol. The first-order valence-electron chi connectivity index (χ1n) is 15.6. The Morgan fingerprint density at radius 1 is 1.05 bits per heavy atom. The summed E-state index contributed by atoms with van der Waals surface area (Å²) in [6.45, 7) is 6.98. The first-order chi connectivity index (χ1) is 20.4. The van der Waals surface area contributed by atoms with Crippen molar-refractivity contribution in [3.05, 3.63) is 59.2 Å². The molecule has 0 radical (unpaired) electrons. The Morgan fingerprint density at radius 3 is 2.35 bits per heavy atom. The zero-order valence-corrected chi connectivity index (χ0v) is 27.4. The van der Waals surface area contributed by atoms with Gasteiger partial charge < -0.3 is 20.6 Å². The van der Waals surface area contributed by atoms with Gasteiger partial charge in [-0.25, -0.2) is 13.2 Å². The van der Waals surface area contributed by atoms with Gasteiger partial charge in [0.1, 0.15) is 15.9 Å². The molecule has 0 aliphatic heterocycles. The molecule has 0 bridgehead atoms. The summed E-state index contributed by atoms with van der Waals surface area (Å²) in [6, 6.07) is 12.2. The lowest BCUT2D eigenvalue weighted by atomic mass is 9.73. The number of hydrogen-bond acceptors (Lipinski definition) is 6.